The number of anilines is 1. The van der Waals surface area contributed by atoms with Crippen LogP contribution in [0.15, 0.2) is 35.1 Å². The van der Waals surface area contributed by atoms with Gasteiger partial charge in [-0.3, -0.25) is 4.98 Å². The van der Waals surface area contributed by atoms with Crippen LogP contribution in [0.3, 0.4) is 0 Å². The number of rotatable bonds is 3. The van der Waals surface area contributed by atoms with Gasteiger partial charge in [0.1, 0.15) is 23.1 Å². The molecule has 0 radical (unpaired) electrons. The van der Waals surface area contributed by atoms with E-state index in [1.165, 1.54) is 12.3 Å². The normalized spacial score (nSPS) is 12.3. The highest BCUT2D eigenvalue weighted by Crippen LogP contribution is 2.27. The van der Waals surface area contributed by atoms with Crippen LogP contribution in [0, 0.1) is 17.5 Å². The second-order valence-corrected chi connectivity index (χ2v) is 4.96. The molecular weight excluding hydrogens is 321 g/mol. The molecule has 0 amide bonds. The molecule has 0 aliphatic heterocycles. The Morgan fingerprint density at radius 3 is 2.32 bits per heavy atom. The van der Waals surface area contributed by atoms with E-state index >= 15 is 0 Å². The Morgan fingerprint density at radius 1 is 1.11 bits per heavy atom. The Kier molecular flexibility index (Phi) is 4.09. The van der Waals surface area contributed by atoms with Crippen LogP contribution in [0.5, 0.6) is 0 Å². The molecule has 1 N–H and O–H groups in total. The van der Waals surface area contributed by atoms with Gasteiger partial charge >= 0.3 is 0 Å². The SMILES string of the molecule is CC(Nc1c(F)cc(Br)cc1F)c1cncc(F)c1. The number of benzene rings is 1. The van der Waals surface area contributed by atoms with Gasteiger partial charge in [-0.05, 0) is 30.7 Å². The molecule has 0 saturated heterocycles. The quantitative estimate of drug-likeness (QED) is 0.900. The zero-order valence-corrected chi connectivity index (χ0v) is 11.5. The van der Waals surface area contributed by atoms with Crippen LogP contribution in [0.1, 0.15) is 18.5 Å². The Bertz CT molecular complexity index is 581. The minimum atomic E-state index is -0.719. The van der Waals surface area contributed by atoms with E-state index in [1.807, 2.05) is 0 Å². The van der Waals surface area contributed by atoms with Gasteiger partial charge in [-0.2, -0.15) is 0 Å². The van der Waals surface area contributed by atoms with E-state index < -0.39 is 23.5 Å². The lowest BCUT2D eigenvalue weighted by Crippen LogP contribution is -2.10. The van der Waals surface area contributed by atoms with E-state index in [2.05, 4.69) is 26.2 Å². The Hall–Kier alpha value is -1.56. The summed E-state index contributed by atoms with van der Waals surface area (Å²) in [5, 5.41) is 2.67. The highest BCUT2D eigenvalue weighted by molar-refractivity contribution is 9.10. The van der Waals surface area contributed by atoms with Gasteiger partial charge in [-0.1, -0.05) is 15.9 Å². The fourth-order valence-corrected chi connectivity index (χ4v) is 2.05. The van der Waals surface area contributed by atoms with Crippen LogP contribution in [0.2, 0.25) is 0 Å². The summed E-state index contributed by atoms with van der Waals surface area (Å²) >= 11 is 3.00. The highest BCUT2D eigenvalue weighted by Gasteiger charge is 2.14. The lowest BCUT2D eigenvalue weighted by molar-refractivity contribution is 0.582. The Balaban J connectivity index is 2.26. The van der Waals surface area contributed by atoms with Crippen LogP contribution in [-0.2, 0) is 0 Å². The summed E-state index contributed by atoms with van der Waals surface area (Å²) in [5.74, 6) is -1.94. The van der Waals surface area contributed by atoms with E-state index in [-0.39, 0.29) is 5.69 Å². The molecule has 2 rings (SSSR count). The molecule has 19 heavy (non-hydrogen) atoms. The molecule has 1 heterocycles. The molecular formula is C13H10BrF3N2. The minimum Gasteiger partial charge on any atom is -0.374 e. The standard InChI is InChI=1S/C13H10BrF3N2/c1-7(8-2-10(15)6-18-5-8)19-13-11(16)3-9(14)4-12(13)17/h2-7,19H,1H3. The number of nitrogens with zero attached hydrogens (tertiary/aromatic N) is 1. The summed E-state index contributed by atoms with van der Waals surface area (Å²) in [5.41, 5.74) is 0.252. The number of aromatic nitrogens is 1. The predicted octanol–water partition coefficient (Wildman–Crippen LogP) is 4.43. The lowest BCUT2D eigenvalue weighted by atomic mass is 10.1. The van der Waals surface area contributed by atoms with Crippen molar-refractivity contribution >= 4 is 21.6 Å². The Labute approximate surface area is 116 Å². The van der Waals surface area contributed by atoms with Crippen molar-refractivity contribution in [3.05, 3.63) is 58.1 Å². The van der Waals surface area contributed by atoms with E-state index in [0.29, 0.717) is 10.0 Å². The fourth-order valence-electron chi connectivity index (χ4n) is 1.65. The van der Waals surface area contributed by atoms with E-state index in [4.69, 9.17) is 0 Å². The number of halogens is 4. The van der Waals surface area contributed by atoms with Crippen LogP contribution in [0.25, 0.3) is 0 Å². The summed E-state index contributed by atoms with van der Waals surface area (Å²) in [6, 6.07) is 3.09. The lowest BCUT2D eigenvalue weighted by Gasteiger charge is -2.16. The van der Waals surface area contributed by atoms with Gasteiger partial charge in [0.15, 0.2) is 0 Å². The van der Waals surface area contributed by atoms with Gasteiger partial charge in [0.25, 0.3) is 0 Å². The van der Waals surface area contributed by atoms with Crippen molar-refractivity contribution in [1.29, 1.82) is 0 Å². The maximum absolute atomic E-state index is 13.6. The topological polar surface area (TPSA) is 24.9 Å². The first-order valence-electron chi connectivity index (χ1n) is 5.49. The third-order valence-electron chi connectivity index (χ3n) is 2.59. The molecule has 100 valence electrons. The molecule has 0 aliphatic carbocycles. The van der Waals surface area contributed by atoms with Crippen molar-refractivity contribution in [1.82, 2.24) is 4.98 Å². The fraction of sp³-hybridized carbons (Fsp3) is 0.154. The number of pyridine rings is 1. The molecule has 1 aromatic heterocycles. The summed E-state index contributed by atoms with van der Waals surface area (Å²) < 4.78 is 40.6. The largest absolute Gasteiger partial charge is 0.374 e. The molecule has 0 spiro atoms. The van der Waals surface area contributed by atoms with Crippen molar-refractivity contribution < 1.29 is 13.2 Å². The molecule has 0 aliphatic rings. The Morgan fingerprint density at radius 2 is 1.74 bits per heavy atom. The van der Waals surface area contributed by atoms with Gasteiger partial charge in [0.05, 0.1) is 12.2 Å². The van der Waals surface area contributed by atoms with E-state index in [1.54, 1.807) is 6.92 Å². The first-order valence-corrected chi connectivity index (χ1v) is 6.28. The number of nitrogens with one attached hydrogen (secondary N) is 1. The van der Waals surface area contributed by atoms with Crippen LogP contribution in [-0.4, -0.2) is 4.98 Å². The number of hydrogen-bond acceptors (Lipinski definition) is 2. The van der Waals surface area contributed by atoms with Gasteiger partial charge in [0.2, 0.25) is 0 Å². The molecule has 2 nitrogen and oxygen atoms in total. The first kappa shape index (κ1) is 13.9. The maximum atomic E-state index is 13.6. The van der Waals surface area contributed by atoms with Crippen LogP contribution >= 0.6 is 15.9 Å². The first-order chi connectivity index (χ1) is 8.97. The average molecular weight is 331 g/mol. The molecule has 0 saturated carbocycles. The van der Waals surface area contributed by atoms with Crippen molar-refractivity contribution in [2.45, 2.75) is 13.0 Å². The minimum absolute atomic E-state index is 0.250. The molecule has 1 unspecified atom stereocenters. The van der Waals surface area contributed by atoms with E-state index in [0.717, 1.165) is 18.3 Å². The molecule has 1 aromatic carbocycles. The zero-order chi connectivity index (χ0) is 14.0. The summed E-state index contributed by atoms with van der Waals surface area (Å²) in [7, 11) is 0. The second-order valence-electron chi connectivity index (χ2n) is 4.05. The summed E-state index contributed by atoms with van der Waals surface area (Å²) in [6.45, 7) is 1.66. The molecule has 6 heteroatoms. The van der Waals surface area contributed by atoms with Crippen molar-refractivity contribution in [2.24, 2.45) is 0 Å². The smallest absolute Gasteiger partial charge is 0.150 e. The molecule has 2 aromatic rings. The van der Waals surface area contributed by atoms with Gasteiger partial charge in [-0.15, -0.1) is 0 Å². The third-order valence-corrected chi connectivity index (χ3v) is 3.05. The average Bonchev–Trinajstić information content (AvgIpc) is 2.33. The van der Waals surface area contributed by atoms with Crippen LogP contribution < -0.4 is 5.32 Å². The van der Waals surface area contributed by atoms with Gasteiger partial charge in [0, 0.05) is 10.7 Å². The third kappa shape index (κ3) is 3.26. The highest BCUT2D eigenvalue weighted by atomic mass is 79.9. The maximum Gasteiger partial charge on any atom is 0.150 e. The van der Waals surface area contributed by atoms with Crippen molar-refractivity contribution in [2.75, 3.05) is 5.32 Å². The van der Waals surface area contributed by atoms with Gasteiger partial charge < -0.3 is 5.32 Å². The second kappa shape index (κ2) is 5.61. The zero-order valence-electron chi connectivity index (χ0n) is 9.92. The monoisotopic (exact) mass is 330 g/mol. The van der Waals surface area contributed by atoms with E-state index in [9.17, 15) is 13.2 Å². The van der Waals surface area contributed by atoms with Gasteiger partial charge in [-0.25, -0.2) is 13.2 Å². The number of hydrogen-bond donors (Lipinski definition) is 1. The predicted molar refractivity (Wildman–Crippen MR) is 70.3 cm³/mol. The molecule has 0 fully saturated rings. The molecule has 0 bridgehead atoms. The molecule has 1 atom stereocenters. The summed E-state index contributed by atoms with van der Waals surface area (Å²) in [4.78, 5) is 3.70. The summed E-state index contributed by atoms with van der Waals surface area (Å²) in [6.07, 6.45) is 2.51. The van der Waals surface area contributed by atoms with Crippen molar-refractivity contribution in [3.8, 4) is 0 Å². The van der Waals surface area contributed by atoms with Crippen molar-refractivity contribution in [3.63, 3.8) is 0 Å². The van der Waals surface area contributed by atoms with Crippen LogP contribution in [0.4, 0.5) is 18.9 Å².